The summed E-state index contributed by atoms with van der Waals surface area (Å²) in [6, 6.07) is 5.80. The summed E-state index contributed by atoms with van der Waals surface area (Å²) in [6.07, 6.45) is 2.20. The molecule has 0 saturated carbocycles. The topological polar surface area (TPSA) is 64.8 Å². The van der Waals surface area contributed by atoms with Crippen molar-refractivity contribution in [2.24, 2.45) is 0 Å². The summed E-state index contributed by atoms with van der Waals surface area (Å²) < 4.78 is 0. The lowest BCUT2D eigenvalue weighted by atomic mass is 10.0. The predicted molar refractivity (Wildman–Crippen MR) is 85.4 cm³/mol. The summed E-state index contributed by atoms with van der Waals surface area (Å²) in [5.74, 6) is -0.135. The SMILES string of the molecule is O=C(c1[nH]ncc1Cl)N1CCc2[nH]c3c(Cl)cccc3c2C1. The lowest BCUT2D eigenvalue weighted by Crippen LogP contribution is -2.36. The van der Waals surface area contributed by atoms with Gasteiger partial charge in [-0.05, 0) is 6.07 Å². The van der Waals surface area contributed by atoms with Crippen molar-refractivity contribution in [3.63, 3.8) is 0 Å². The van der Waals surface area contributed by atoms with Crippen LogP contribution in [0.4, 0.5) is 0 Å². The molecule has 5 nitrogen and oxygen atoms in total. The minimum absolute atomic E-state index is 0.135. The number of para-hydroxylation sites is 1. The third-order valence-corrected chi connectivity index (χ3v) is 4.66. The van der Waals surface area contributed by atoms with E-state index in [9.17, 15) is 4.79 Å². The number of H-pyrrole nitrogens is 2. The summed E-state index contributed by atoms with van der Waals surface area (Å²) >= 11 is 12.2. The van der Waals surface area contributed by atoms with Gasteiger partial charge in [-0.15, -0.1) is 0 Å². The molecule has 0 saturated heterocycles. The first-order valence-electron chi connectivity index (χ1n) is 6.91. The van der Waals surface area contributed by atoms with Crippen LogP contribution in [0.5, 0.6) is 0 Å². The number of aromatic nitrogens is 3. The highest BCUT2D eigenvalue weighted by Crippen LogP contribution is 2.32. The number of hydrogen-bond acceptors (Lipinski definition) is 2. The number of hydrogen-bond donors (Lipinski definition) is 2. The number of fused-ring (bicyclic) bond motifs is 3. The molecule has 0 unspecified atom stereocenters. The Balaban J connectivity index is 1.72. The van der Waals surface area contributed by atoms with Crippen LogP contribution in [0.15, 0.2) is 24.4 Å². The van der Waals surface area contributed by atoms with Crippen molar-refractivity contribution in [1.82, 2.24) is 20.1 Å². The van der Waals surface area contributed by atoms with Crippen molar-refractivity contribution in [3.8, 4) is 0 Å². The lowest BCUT2D eigenvalue weighted by molar-refractivity contribution is 0.0729. The van der Waals surface area contributed by atoms with E-state index < -0.39 is 0 Å². The molecule has 0 aliphatic carbocycles. The van der Waals surface area contributed by atoms with Crippen LogP contribution in [0.2, 0.25) is 10.0 Å². The van der Waals surface area contributed by atoms with Crippen LogP contribution in [0.3, 0.4) is 0 Å². The van der Waals surface area contributed by atoms with E-state index in [2.05, 4.69) is 15.2 Å². The highest BCUT2D eigenvalue weighted by molar-refractivity contribution is 6.35. The van der Waals surface area contributed by atoms with Crippen molar-refractivity contribution in [2.45, 2.75) is 13.0 Å². The van der Waals surface area contributed by atoms with Gasteiger partial charge in [0, 0.05) is 36.2 Å². The highest BCUT2D eigenvalue weighted by Gasteiger charge is 2.27. The minimum atomic E-state index is -0.135. The van der Waals surface area contributed by atoms with Crippen LogP contribution in [0, 0.1) is 0 Å². The van der Waals surface area contributed by atoms with Crippen molar-refractivity contribution < 1.29 is 4.79 Å². The maximum absolute atomic E-state index is 12.6. The molecule has 0 fully saturated rings. The second-order valence-corrected chi connectivity index (χ2v) is 6.13. The Morgan fingerprint density at radius 1 is 1.27 bits per heavy atom. The number of aromatic amines is 2. The van der Waals surface area contributed by atoms with Crippen molar-refractivity contribution in [3.05, 3.63) is 51.4 Å². The van der Waals surface area contributed by atoms with E-state index in [0.717, 1.165) is 28.6 Å². The van der Waals surface area contributed by atoms with Crippen LogP contribution in [-0.2, 0) is 13.0 Å². The van der Waals surface area contributed by atoms with Gasteiger partial charge in [-0.3, -0.25) is 9.89 Å². The molecule has 0 atom stereocenters. The minimum Gasteiger partial charge on any atom is -0.357 e. The van der Waals surface area contributed by atoms with Gasteiger partial charge in [0.05, 0.1) is 21.8 Å². The van der Waals surface area contributed by atoms with Crippen LogP contribution < -0.4 is 0 Å². The Morgan fingerprint density at radius 3 is 2.91 bits per heavy atom. The standard InChI is InChI=1S/C15H12Cl2N4O/c16-10-3-1-2-8-9-7-21(5-4-12(9)19-13(8)10)15(22)14-11(17)6-18-20-14/h1-3,6,19H,4-5,7H2,(H,18,20). The summed E-state index contributed by atoms with van der Waals surface area (Å²) in [7, 11) is 0. The summed E-state index contributed by atoms with van der Waals surface area (Å²) in [6.45, 7) is 1.16. The van der Waals surface area contributed by atoms with Gasteiger partial charge in [-0.1, -0.05) is 35.3 Å². The fourth-order valence-electron chi connectivity index (χ4n) is 2.96. The maximum Gasteiger partial charge on any atom is 0.273 e. The van der Waals surface area contributed by atoms with Gasteiger partial charge >= 0.3 is 0 Å². The summed E-state index contributed by atoms with van der Waals surface area (Å²) in [5, 5.41) is 8.58. The van der Waals surface area contributed by atoms with Crippen LogP contribution in [-0.4, -0.2) is 32.5 Å². The molecular formula is C15H12Cl2N4O. The number of halogens is 2. The van der Waals surface area contributed by atoms with E-state index in [1.807, 2.05) is 18.2 Å². The van der Waals surface area contributed by atoms with Gasteiger partial charge in [0.25, 0.3) is 5.91 Å². The zero-order valence-electron chi connectivity index (χ0n) is 11.5. The largest absolute Gasteiger partial charge is 0.357 e. The first-order valence-corrected chi connectivity index (χ1v) is 7.67. The van der Waals surface area contributed by atoms with Crippen LogP contribution in [0.1, 0.15) is 21.7 Å². The molecule has 2 N–H and O–H groups in total. The number of carbonyl (C=O) groups is 1. The molecule has 112 valence electrons. The number of nitrogens with zero attached hydrogens (tertiary/aromatic N) is 2. The molecule has 22 heavy (non-hydrogen) atoms. The number of amides is 1. The van der Waals surface area contributed by atoms with Crippen LogP contribution in [0.25, 0.3) is 10.9 Å². The molecule has 3 heterocycles. The Kier molecular flexibility index (Phi) is 3.13. The molecule has 1 amide bonds. The maximum atomic E-state index is 12.6. The van der Waals surface area contributed by atoms with Gasteiger partial charge in [0.15, 0.2) is 0 Å². The molecule has 0 radical (unpaired) electrons. The second kappa shape index (κ2) is 5.04. The Morgan fingerprint density at radius 2 is 2.14 bits per heavy atom. The molecule has 4 rings (SSSR count). The normalized spacial score (nSPS) is 14.4. The third kappa shape index (κ3) is 2.01. The zero-order valence-corrected chi connectivity index (χ0v) is 13.0. The van der Waals surface area contributed by atoms with Crippen molar-refractivity contribution in [1.29, 1.82) is 0 Å². The average Bonchev–Trinajstić information content (AvgIpc) is 3.10. The van der Waals surface area contributed by atoms with Gasteiger partial charge in [0.2, 0.25) is 0 Å². The van der Waals surface area contributed by atoms with E-state index in [0.29, 0.717) is 28.8 Å². The number of rotatable bonds is 1. The van der Waals surface area contributed by atoms with E-state index in [1.54, 1.807) is 4.90 Å². The predicted octanol–water partition coefficient (Wildman–Crippen LogP) is 3.40. The fourth-order valence-corrected chi connectivity index (χ4v) is 3.35. The molecule has 3 aromatic rings. The first kappa shape index (κ1) is 13.7. The van der Waals surface area contributed by atoms with Crippen LogP contribution >= 0.6 is 23.2 Å². The fraction of sp³-hybridized carbons (Fsp3) is 0.200. The molecule has 1 aliphatic rings. The Hall–Kier alpha value is -1.98. The van der Waals surface area contributed by atoms with Crippen molar-refractivity contribution >= 4 is 40.0 Å². The number of nitrogens with one attached hydrogen (secondary N) is 2. The summed E-state index contributed by atoms with van der Waals surface area (Å²) in [5.41, 5.74) is 3.53. The number of carbonyl (C=O) groups excluding carboxylic acids is 1. The van der Waals surface area contributed by atoms with E-state index in [-0.39, 0.29) is 5.91 Å². The molecule has 1 aliphatic heterocycles. The monoisotopic (exact) mass is 334 g/mol. The highest BCUT2D eigenvalue weighted by atomic mass is 35.5. The smallest absolute Gasteiger partial charge is 0.273 e. The summed E-state index contributed by atoms with van der Waals surface area (Å²) in [4.78, 5) is 17.7. The van der Waals surface area contributed by atoms with E-state index >= 15 is 0 Å². The molecule has 2 aromatic heterocycles. The quantitative estimate of drug-likeness (QED) is 0.716. The lowest BCUT2D eigenvalue weighted by Gasteiger charge is -2.26. The molecule has 0 bridgehead atoms. The molecular weight excluding hydrogens is 323 g/mol. The Bertz CT molecular complexity index is 883. The molecule has 0 spiro atoms. The number of benzene rings is 1. The van der Waals surface area contributed by atoms with E-state index in [1.165, 1.54) is 6.20 Å². The average molecular weight is 335 g/mol. The third-order valence-electron chi connectivity index (χ3n) is 4.05. The molecule has 7 heteroatoms. The molecule has 1 aromatic carbocycles. The first-order chi connectivity index (χ1) is 10.6. The van der Waals surface area contributed by atoms with Gasteiger partial charge < -0.3 is 9.88 Å². The zero-order chi connectivity index (χ0) is 15.3. The second-order valence-electron chi connectivity index (χ2n) is 5.31. The van der Waals surface area contributed by atoms with E-state index in [4.69, 9.17) is 23.2 Å². The van der Waals surface area contributed by atoms with Gasteiger partial charge in [-0.25, -0.2) is 0 Å². The van der Waals surface area contributed by atoms with Crippen molar-refractivity contribution in [2.75, 3.05) is 6.54 Å². The van der Waals surface area contributed by atoms with Gasteiger partial charge in [-0.2, -0.15) is 5.10 Å². The Labute approximate surface area is 136 Å². The van der Waals surface area contributed by atoms with Gasteiger partial charge in [0.1, 0.15) is 5.69 Å².